The molecule has 0 amide bonds. The highest BCUT2D eigenvalue weighted by Crippen LogP contribution is 2.25. The smallest absolute Gasteiger partial charge is 0.388 e. The van der Waals surface area contributed by atoms with Gasteiger partial charge in [-0.25, -0.2) is 15.0 Å². The van der Waals surface area contributed by atoms with Crippen LogP contribution < -0.4 is 25.7 Å². The molecule has 1 aliphatic rings. The van der Waals surface area contributed by atoms with Crippen LogP contribution >= 0.6 is 0 Å². The molecule has 0 unspecified atom stereocenters. The summed E-state index contributed by atoms with van der Waals surface area (Å²) in [7, 11) is 1.46. The van der Waals surface area contributed by atoms with Gasteiger partial charge in [-0.15, -0.1) is 0 Å². The molecule has 2 N–H and O–H groups in total. The highest BCUT2D eigenvalue weighted by molar-refractivity contribution is 5.43. The summed E-state index contributed by atoms with van der Waals surface area (Å²) in [6.45, 7) is -2.93. The number of ether oxygens (including phenoxy) is 2. The third-order valence-electron chi connectivity index (χ3n) is 5.13. The minimum atomic E-state index is -2.93. The van der Waals surface area contributed by atoms with Gasteiger partial charge in [0.25, 0.3) is 5.56 Å². The van der Waals surface area contributed by atoms with Gasteiger partial charge in [0.15, 0.2) is 5.75 Å². The fourth-order valence-electron chi connectivity index (χ4n) is 3.65. The van der Waals surface area contributed by atoms with Crippen LogP contribution in [-0.4, -0.2) is 45.3 Å². The highest BCUT2D eigenvalue weighted by atomic mass is 19.3. The Balaban J connectivity index is 0.00000204. The van der Waals surface area contributed by atoms with Gasteiger partial charge >= 0.3 is 6.61 Å². The van der Waals surface area contributed by atoms with E-state index in [4.69, 9.17) is 4.74 Å². The first-order valence-corrected chi connectivity index (χ1v) is 10.0. The number of hydrogen-bond donors (Lipinski definition) is 2. The molecular weight excluding hydrogens is 422 g/mol. The number of alkyl halides is 2. The predicted octanol–water partition coefficient (Wildman–Crippen LogP) is 3.57. The molecule has 172 valence electrons. The first-order chi connectivity index (χ1) is 15.5. The second kappa shape index (κ2) is 9.58. The van der Waals surface area contributed by atoms with Crippen molar-refractivity contribution in [3.63, 3.8) is 0 Å². The van der Waals surface area contributed by atoms with Crippen molar-refractivity contribution in [2.75, 3.05) is 17.7 Å². The fourth-order valence-corrected chi connectivity index (χ4v) is 3.65. The van der Waals surface area contributed by atoms with Crippen LogP contribution in [0, 0.1) is 0 Å². The molecule has 0 aliphatic heterocycles. The van der Waals surface area contributed by atoms with Crippen LogP contribution in [0.5, 0.6) is 11.6 Å². The van der Waals surface area contributed by atoms with Crippen molar-refractivity contribution in [2.45, 2.75) is 38.0 Å². The van der Waals surface area contributed by atoms with Crippen LogP contribution in [0.15, 0.2) is 53.8 Å². The number of anilines is 2. The number of aromatic nitrogens is 4. The van der Waals surface area contributed by atoms with Gasteiger partial charge in [0.2, 0.25) is 5.88 Å². The molecule has 0 radical (unpaired) electrons. The molecule has 0 bridgehead atoms. The average molecular weight is 448 g/mol. The van der Waals surface area contributed by atoms with E-state index in [9.17, 15) is 13.6 Å². The minimum Gasteiger partial charge on any atom is -0.491 e. The quantitative estimate of drug-likeness (QED) is 0.539. The van der Waals surface area contributed by atoms with Gasteiger partial charge in [0.05, 0.1) is 31.4 Å². The third kappa shape index (κ3) is 5.10. The molecule has 3 aromatic rings. The summed E-state index contributed by atoms with van der Waals surface area (Å²) in [6.07, 6.45) is 8.50. The number of halogens is 2. The lowest BCUT2D eigenvalue weighted by Gasteiger charge is -2.16. The number of rotatable bonds is 8. The lowest BCUT2D eigenvalue weighted by Crippen LogP contribution is -2.22. The van der Waals surface area contributed by atoms with Crippen molar-refractivity contribution in [3.05, 3.63) is 59.4 Å². The summed E-state index contributed by atoms with van der Waals surface area (Å²) >= 11 is 0. The number of nitrogens with one attached hydrogen (secondary N) is 2. The van der Waals surface area contributed by atoms with E-state index in [1.165, 1.54) is 17.9 Å². The predicted molar refractivity (Wildman–Crippen MR) is 118 cm³/mol. The van der Waals surface area contributed by atoms with E-state index in [-0.39, 0.29) is 32.1 Å². The molecule has 2 atom stereocenters. The summed E-state index contributed by atoms with van der Waals surface area (Å²) in [4.78, 5) is 24.7. The van der Waals surface area contributed by atoms with E-state index in [0.29, 0.717) is 17.3 Å². The maximum atomic E-state index is 12.4. The largest absolute Gasteiger partial charge is 0.491 e. The average Bonchev–Trinajstić information content (AvgIpc) is 3.22. The van der Waals surface area contributed by atoms with Gasteiger partial charge in [0.1, 0.15) is 11.6 Å². The fraction of sp³-hybridized carbons (Fsp3) is 0.333. The Morgan fingerprint density at radius 3 is 2.44 bits per heavy atom. The van der Waals surface area contributed by atoms with Gasteiger partial charge in [0, 0.05) is 21.1 Å². The molecule has 4 rings (SSSR count). The molecule has 3 heterocycles. The zero-order chi connectivity index (χ0) is 22.5. The van der Waals surface area contributed by atoms with Crippen molar-refractivity contribution in [2.24, 2.45) is 0 Å². The molecule has 32 heavy (non-hydrogen) atoms. The van der Waals surface area contributed by atoms with E-state index < -0.39 is 6.61 Å². The first-order valence-electron chi connectivity index (χ1n) is 10.0. The molecular formula is C21H26F2N6O3. The summed E-state index contributed by atoms with van der Waals surface area (Å²) in [5, 5.41) is 6.66. The summed E-state index contributed by atoms with van der Waals surface area (Å²) in [5.41, 5.74) is 0.391. The Kier molecular flexibility index (Phi) is 6.43. The molecule has 1 aliphatic carbocycles. The number of nitrogens with zero attached hydrogens (tertiary/aromatic N) is 4. The van der Waals surface area contributed by atoms with E-state index in [1.54, 1.807) is 24.5 Å². The van der Waals surface area contributed by atoms with Crippen LogP contribution in [0.4, 0.5) is 20.4 Å². The second-order valence-corrected chi connectivity index (χ2v) is 7.27. The molecule has 9 nitrogen and oxygen atoms in total. The van der Waals surface area contributed by atoms with Crippen LogP contribution in [0.25, 0.3) is 5.69 Å². The van der Waals surface area contributed by atoms with Crippen LogP contribution in [-0.2, 0) is 0 Å². The zero-order valence-electron chi connectivity index (χ0n) is 17.2. The minimum absolute atomic E-state index is 0. The second-order valence-electron chi connectivity index (χ2n) is 7.27. The normalized spacial score (nSPS) is 17.9. The summed E-state index contributed by atoms with van der Waals surface area (Å²) in [6, 6.07) is 7.37. The number of pyridine rings is 2. The van der Waals surface area contributed by atoms with Crippen LogP contribution in [0.2, 0.25) is 0 Å². The van der Waals surface area contributed by atoms with E-state index in [2.05, 4.69) is 30.3 Å². The van der Waals surface area contributed by atoms with Gasteiger partial charge in [-0.3, -0.25) is 9.36 Å². The van der Waals surface area contributed by atoms with Crippen LogP contribution in [0.1, 0.15) is 22.1 Å². The zero-order valence-corrected chi connectivity index (χ0v) is 17.2. The monoisotopic (exact) mass is 448 g/mol. The summed E-state index contributed by atoms with van der Waals surface area (Å²) in [5.74, 6) is 1.26. The third-order valence-corrected chi connectivity index (χ3v) is 5.13. The highest BCUT2D eigenvalue weighted by Gasteiger charge is 2.25. The Bertz CT molecular complexity index is 1100. The molecule has 0 aromatic carbocycles. The molecule has 0 saturated heterocycles. The first kappa shape index (κ1) is 21.5. The Labute approximate surface area is 185 Å². The van der Waals surface area contributed by atoms with Crippen molar-refractivity contribution >= 4 is 11.6 Å². The molecule has 3 aromatic heterocycles. The Morgan fingerprint density at radius 2 is 1.81 bits per heavy atom. The van der Waals surface area contributed by atoms with Crippen LogP contribution in [0.3, 0.4) is 0 Å². The number of methoxy groups -OCH3 is 1. The Hall–Kier alpha value is -3.76. The van der Waals surface area contributed by atoms with E-state index in [0.717, 1.165) is 25.5 Å². The van der Waals surface area contributed by atoms with Crippen molar-refractivity contribution in [1.82, 2.24) is 19.5 Å². The lowest BCUT2D eigenvalue weighted by molar-refractivity contribution is -0.0530. The number of hydrogen-bond acceptors (Lipinski definition) is 8. The summed E-state index contributed by atoms with van der Waals surface area (Å²) < 4.78 is 35.1. The molecule has 1 fully saturated rings. The standard InChI is InChI=1S/C21H22F2N6O3.2H2/c1-31-16-3-2-8-29(20(16)30)15-6-7-17(24-10-15)27-13-4-5-14(9-13)28-18-11-26-19(12-25-18)32-21(22)23;;/h2-3,6-8,10-14,21H,4-5,9H2,1H3,(H,24,27)(H,25,28);2*1H/t13-,14-;;/m0../s1. The van der Waals surface area contributed by atoms with Crippen molar-refractivity contribution < 1.29 is 21.1 Å². The van der Waals surface area contributed by atoms with Gasteiger partial charge in [-0.1, -0.05) is 0 Å². The van der Waals surface area contributed by atoms with Crippen molar-refractivity contribution in [1.29, 1.82) is 0 Å². The van der Waals surface area contributed by atoms with Gasteiger partial charge in [-0.2, -0.15) is 8.78 Å². The Morgan fingerprint density at radius 1 is 1.06 bits per heavy atom. The van der Waals surface area contributed by atoms with Crippen molar-refractivity contribution in [3.8, 4) is 17.3 Å². The maximum absolute atomic E-state index is 12.4. The SMILES string of the molecule is COc1cccn(-c2ccc(N[C@H]3CC[C@H](Nc4cnc(OC(F)F)cn4)C3)nc2)c1=O.[HH].[HH]. The molecule has 0 spiro atoms. The topological polar surface area (TPSA) is 103 Å². The van der Waals surface area contributed by atoms with E-state index in [1.807, 2.05) is 12.1 Å². The maximum Gasteiger partial charge on any atom is 0.388 e. The van der Waals surface area contributed by atoms with Gasteiger partial charge < -0.3 is 20.1 Å². The van der Waals surface area contributed by atoms with Gasteiger partial charge in [-0.05, 0) is 43.5 Å². The molecule has 1 saturated carbocycles. The molecule has 11 heteroatoms. The lowest BCUT2D eigenvalue weighted by atomic mass is 10.2. The van der Waals surface area contributed by atoms with E-state index >= 15 is 0 Å².